The quantitative estimate of drug-likeness (QED) is 0.887. The highest BCUT2D eigenvalue weighted by Crippen LogP contribution is 2.17. The lowest BCUT2D eigenvalue weighted by Gasteiger charge is -2.37. The number of carbonyl (C=O) groups is 1. The Morgan fingerprint density at radius 1 is 1.50 bits per heavy atom. The molecule has 0 spiro atoms. The molecule has 1 fully saturated rings. The molecule has 2 rings (SSSR count). The summed E-state index contributed by atoms with van der Waals surface area (Å²) in [5, 5.41) is 9.71. The maximum Gasteiger partial charge on any atom is 0.254 e. The van der Waals surface area contributed by atoms with Crippen LogP contribution in [-0.4, -0.2) is 47.8 Å². The number of halogens is 1. The zero-order chi connectivity index (χ0) is 13.1. The molecule has 1 amide bonds. The number of rotatable bonds is 2. The Hall–Kier alpha value is -1.10. The highest BCUT2D eigenvalue weighted by molar-refractivity contribution is 6.30. The van der Waals surface area contributed by atoms with Crippen LogP contribution in [-0.2, 0) is 4.74 Å². The van der Waals surface area contributed by atoms with E-state index in [0.29, 0.717) is 23.7 Å². The van der Waals surface area contributed by atoms with Gasteiger partial charge >= 0.3 is 0 Å². The lowest BCUT2D eigenvalue weighted by molar-refractivity contribution is -0.0667. The Morgan fingerprint density at radius 3 is 2.78 bits per heavy atom. The Bertz CT molecular complexity index is 421. The number of benzene rings is 1. The van der Waals surface area contributed by atoms with Crippen LogP contribution in [0.5, 0.6) is 0 Å². The first-order valence-electron chi connectivity index (χ1n) is 5.91. The van der Waals surface area contributed by atoms with E-state index < -0.39 is 0 Å². The van der Waals surface area contributed by atoms with Gasteiger partial charge in [-0.1, -0.05) is 11.6 Å². The highest BCUT2D eigenvalue weighted by atomic mass is 35.5. The van der Waals surface area contributed by atoms with Gasteiger partial charge in [-0.05, 0) is 31.2 Å². The Kier molecular flexibility index (Phi) is 4.22. The summed E-state index contributed by atoms with van der Waals surface area (Å²) < 4.78 is 5.41. The Labute approximate surface area is 111 Å². The topological polar surface area (TPSA) is 49.8 Å². The third-order valence-electron chi connectivity index (χ3n) is 3.06. The van der Waals surface area contributed by atoms with Gasteiger partial charge in [0.1, 0.15) is 0 Å². The molecular weight excluding hydrogens is 254 g/mol. The van der Waals surface area contributed by atoms with Crippen LogP contribution >= 0.6 is 11.6 Å². The minimum absolute atomic E-state index is 0.0102. The van der Waals surface area contributed by atoms with Crippen molar-refractivity contribution in [3.8, 4) is 0 Å². The maximum absolute atomic E-state index is 12.3. The van der Waals surface area contributed by atoms with E-state index in [2.05, 4.69) is 0 Å². The van der Waals surface area contributed by atoms with Crippen molar-refractivity contribution in [2.45, 2.75) is 19.1 Å². The van der Waals surface area contributed by atoms with Gasteiger partial charge in [0.15, 0.2) is 0 Å². The molecule has 0 radical (unpaired) electrons. The number of hydrogen-bond donors (Lipinski definition) is 1. The van der Waals surface area contributed by atoms with E-state index in [0.717, 1.165) is 0 Å². The molecule has 18 heavy (non-hydrogen) atoms. The average Bonchev–Trinajstić information content (AvgIpc) is 2.39. The number of carbonyl (C=O) groups excluding carboxylic acids is 1. The van der Waals surface area contributed by atoms with Crippen molar-refractivity contribution in [1.29, 1.82) is 0 Å². The fourth-order valence-corrected chi connectivity index (χ4v) is 2.10. The average molecular weight is 270 g/mol. The first kappa shape index (κ1) is 13.3. The molecule has 0 saturated carbocycles. The van der Waals surface area contributed by atoms with E-state index in [9.17, 15) is 4.79 Å². The number of aliphatic hydroxyl groups is 1. The van der Waals surface area contributed by atoms with Crippen LogP contribution in [0.1, 0.15) is 17.3 Å². The number of ether oxygens (including phenoxy) is 1. The highest BCUT2D eigenvalue weighted by Gasteiger charge is 2.29. The fourth-order valence-electron chi connectivity index (χ4n) is 1.97. The standard InChI is InChI=1S/C13H16ClNO3/c1-9-8-18-12(7-16)6-15(9)13(17)10-2-4-11(14)5-3-10/h2-5,9,12,16H,6-8H2,1H3. The van der Waals surface area contributed by atoms with Crippen LogP contribution in [0.25, 0.3) is 0 Å². The monoisotopic (exact) mass is 269 g/mol. The molecule has 0 aliphatic carbocycles. The summed E-state index contributed by atoms with van der Waals surface area (Å²) in [7, 11) is 0. The van der Waals surface area contributed by atoms with Crippen molar-refractivity contribution >= 4 is 17.5 Å². The summed E-state index contributed by atoms with van der Waals surface area (Å²) in [5.74, 6) is -0.0547. The summed E-state index contributed by atoms with van der Waals surface area (Å²) in [6, 6.07) is 6.82. The van der Waals surface area contributed by atoms with E-state index in [1.165, 1.54) is 0 Å². The fraction of sp³-hybridized carbons (Fsp3) is 0.462. The molecule has 2 atom stereocenters. The molecule has 5 heteroatoms. The van der Waals surface area contributed by atoms with Crippen LogP contribution in [0, 0.1) is 0 Å². The molecule has 1 aromatic carbocycles. The number of morpholine rings is 1. The molecule has 4 nitrogen and oxygen atoms in total. The van der Waals surface area contributed by atoms with Crippen LogP contribution in [0.3, 0.4) is 0 Å². The largest absolute Gasteiger partial charge is 0.394 e. The number of nitrogens with zero attached hydrogens (tertiary/aromatic N) is 1. The van der Waals surface area contributed by atoms with E-state index in [1.54, 1.807) is 29.2 Å². The van der Waals surface area contributed by atoms with Gasteiger partial charge in [-0.25, -0.2) is 0 Å². The number of aliphatic hydroxyl groups excluding tert-OH is 1. The van der Waals surface area contributed by atoms with Crippen molar-refractivity contribution in [2.24, 2.45) is 0 Å². The predicted octanol–water partition coefficient (Wildman–Crippen LogP) is 1.56. The number of amides is 1. The smallest absolute Gasteiger partial charge is 0.254 e. The maximum atomic E-state index is 12.3. The van der Waals surface area contributed by atoms with Crippen molar-refractivity contribution < 1.29 is 14.6 Å². The van der Waals surface area contributed by atoms with Gasteiger partial charge in [0.25, 0.3) is 5.91 Å². The first-order chi connectivity index (χ1) is 8.61. The molecular formula is C13H16ClNO3. The van der Waals surface area contributed by atoms with Gasteiger partial charge in [0, 0.05) is 17.1 Å². The lowest BCUT2D eigenvalue weighted by Crippen LogP contribution is -2.52. The lowest BCUT2D eigenvalue weighted by atomic mass is 10.1. The molecule has 1 heterocycles. The summed E-state index contributed by atoms with van der Waals surface area (Å²) >= 11 is 5.80. The predicted molar refractivity (Wildman–Crippen MR) is 68.8 cm³/mol. The van der Waals surface area contributed by atoms with Crippen molar-refractivity contribution in [3.05, 3.63) is 34.9 Å². The van der Waals surface area contributed by atoms with Gasteiger partial charge in [-0.3, -0.25) is 4.79 Å². The summed E-state index contributed by atoms with van der Waals surface area (Å²) in [5.41, 5.74) is 0.602. The van der Waals surface area contributed by atoms with Gasteiger partial charge < -0.3 is 14.7 Å². The van der Waals surface area contributed by atoms with Gasteiger partial charge in [0.05, 0.1) is 25.4 Å². The third kappa shape index (κ3) is 2.83. The molecule has 2 unspecified atom stereocenters. The molecule has 0 aromatic heterocycles. The molecule has 1 saturated heterocycles. The van der Waals surface area contributed by atoms with Crippen molar-refractivity contribution in [3.63, 3.8) is 0 Å². The van der Waals surface area contributed by atoms with Gasteiger partial charge in [0.2, 0.25) is 0 Å². The second-order valence-electron chi connectivity index (χ2n) is 4.45. The van der Waals surface area contributed by atoms with Gasteiger partial charge in [-0.2, -0.15) is 0 Å². The summed E-state index contributed by atoms with van der Waals surface area (Å²) in [6.07, 6.45) is -0.294. The second kappa shape index (κ2) is 5.69. The molecule has 1 N–H and O–H groups in total. The Morgan fingerprint density at radius 2 is 2.17 bits per heavy atom. The molecule has 98 valence electrons. The third-order valence-corrected chi connectivity index (χ3v) is 3.31. The first-order valence-corrected chi connectivity index (χ1v) is 6.28. The van der Waals surface area contributed by atoms with Crippen LogP contribution in [0.15, 0.2) is 24.3 Å². The Balaban J connectivity index is 2.13. The van der Waals surface area contributed by atoms with Crippen LogP contribution < -0.4 is 0 Å². The van der Waals surface area contributed by atoms with E-state index >= 15 is 0 Å². The molecule has 1 aliphatic heterocycles. The van der Waals surface area contributed by atoms with Crippen LogP contribution in [0.4, 0.5) is 0 Å². The SMILES string of the molecule is CC1COC(CO)CN1C(=O)c1ccc(Cl)cc1. The van der Waals surface area contributed by atoms with Crippen LogP contribution in [0.2, 0.25) is 5.02 Å². The molecule has 1 aliphatic rings. The normalized spacial score (nSPS) is 24.1. The zero-order valence-corrected chi connectivity index (χ0v) is 10.9. The minimum atomic E-state index is -0.294. The summed E-state index contributed by atoms with van der Waals surface area (Å²) in [4.78, 5) is 14.1. The minimum Gasteiger partial charge on any atom is -0.394 e. The summed E-state index contributed by atoms with van der Waals surface area (Å²) in [6.45, 7) is 2.72. The zero-order valence-electron chi connectivity index (χ0n) is 10.2. The van der Waals surface area contributed by atoms with E-state index in [4.69, 9.17) is 21.4 Å². The molecule has 1 aromatic rings. The van der Waals surface area contributed by atoms with Crippen molar-refractivity contribution in [2.75, 3.05) is 19.8 Å². The van der Waals surface area contributed by atoms with Gasteiger partial charge in [-0.15, -0.1) is 0 Å². The second-order valence-corrected chi connectivity index (χ2v) is 4.89. The van der Waals surface area contributed by atoms with Crippen molar-refractivity contribution in [1.82, 2.24) is 4.90 Å². The molecule has 0 bridgehead atoms. The number of hydrogen-bond acceptors (Lipinski definition) is 3. The van der Waals surface area contributed by atoms with E-state index in [-0.39, 0.29) is 24.7 Å². The van der Waals surface area contributed by atoms with E-state index in [1.807, 2.05) is 6.92 Å².